The van der Waals surface area contributed by atoms with Crippen LogP contribution in [0.1, 0.15) is 6.42 Å². The molecule has 1 aromatic carbocycles. The van der Waals surface area contributed by atoms with E-state index in [1.807, 2.05) is 0 Å². The number of nitrogens with one attached hydrogen (secondary N) is 1. The van der Waals surface area contributed by atoms with Crippen molar-refractivity contribution in [1.82, 2.24) is 0 Å². The summed E-state index contributed by atoms with van der Waals surface area (Å²) in [5.74, 6) is 0.160. The Morgan fingerprint density at radius 3 is 2.83 bits per heavy atom. The van der Waals surface area contributed by atoms with Gasteiger partial charge in [-0.2, -0.15) is 0 Å². The molecule has 0 aromatic heterocycles. The van der Waals surface area contributed by atoms with E-state index in [0.717, 1.165) is 0 Å². The van der Waals surface area contributed by atoms with E-state index in [-0.39, 0.29) is 11.7 Å². The van der Waals surface area contributed by atoms with Crippen molar-refractivity contribution in [3.63, 3.8) is 0 Å². The van der Waals surface area contributed by atoms with Gasteiger partial charge in [-0.05, 0) is 18.6 Å². The van der Waals surface area contributed by atoms with Crippen molar-refractivity contribution in [3.8, 4) is 0 Å². The Kier molecular flexibility index (Phi) is 6.38. The van der Waals surface area contributed by atoms with Crippen LogP contribution in [0.2, 0.25) is 0 Å². The number of ether oxygens (including phenoxy) is 1. The van der Waals surface area contributed by atoms with E-state index in [2.05, 4.69) is 5.32 Å². The van der Waals surface area contributed by atoms with Crippen LogP contribution in [0.3, 0.4) is 0 Å². The first kappa shape index (κ1) is 14.7. The van der Waals surface area contributed by atoms with Crippen LogP contribution in [-0.4, -0.2) is 35.3 Å². The maximum atomic E-state index is 11.6. The summed E-state index contributed by atoms with van der Waals surface area (Å²) in [5.41, 5.74) is 6.74. The van der Waals surface area contributed by atoms with Crippen LogP contribution in [0.5, 0.6) is 0 Å². The number of nitrogens with two attached hydrogens (primary N) is 1. The van der Waals surface area contributed by atoms with Crippen LogP contribution in [0.15, 0.2) is 24.3 Å². The Hall–Kier alpha value is -1.40. The molecule has 1 aromatic rings. The lowest BCUT2D eigenvalue weighted by atomic mass is 10.3. The fourth-order valence-corrected chi connectivity index (χ4v) is 2.33. The summed E-state index contributed by atoms with van der Waals surface area (Å²) in [6.07, 6.45) is 0.684. The molecule has 1 unspecified atom stereocenters. The molecule has 1 rings (SSSR count). The van der Waals surface area contributed by atoms with Crippen molar-refractivity contribution in [1.29, 1.82) is 0 Å². The Morgan fingerprint density at radius 1 is 1.44 bits per heavy atom. The number of benzene rings is 1. The molecule has 0 saturated carbocycles. The zero-order chi connectivity index (χ0) is 13.4. The van der Waals surface area contributed by atoms with Gasteiger partial charge in [-0.1, -0.05) is 12.1 Å². The SMILES string of the molecule is COCCCS(=O)CC(=O)Nc1ccccc1N. The smallest absolute Gasteiger partial charge is 0.237 e. The van der Waals surface area contributed by atoms with Crippen LogP contribution < -0.4 is 11.1 Å². The van der Waals surface area contributed by atoms with Gasteiger partial charge in [0.15, 0.2) is 0 Å². The third-order valence-electron chi connectivity index (χ3n) is 2.25. The van der Waals surface area contributed by atoms with Gasteiger partial charge in [-0.25, -0.2) is 0 Å². The summed E-state index contributed by atoms with van der Waals surface area (Å²) in [7, 11) is 0.426. The van der Waals surface area contributed by atoms with Crippen LogP contribution >= 0.6 is 0 Å². The molecule has 0 bridgehead atoms. The standard InChI is InChI=1S/C12H18N2O3S/c1-17-7-4-8-18(16)9-12(15)14-11-6-3-2-5-10(11)13/h2-3,5-6H,4,7-9,13H2,1H3,(H,14,15). The highest BCUT2D eigenvalue weighted by Crippen LogP contribution is 2.16. The number of rotatable bonds is 7. The van der Waals surface area contributed by atoms with Gasteiger partial charge in [-0.15, -0.1) is 0 Å². The van der Waals surface area contributed by atoms with Crippen LogP contribution in [0.4, 0.5) is 11.4 Å². The molecule has 100 valence electrons. The van der Waals surface area contributed by atoms with Gasteiger partial charge in [0, 0.05) is 30.3 Å². The summed E-state index contributed by atoms with van der Waals surface area (Å²) in [6.45, 7) is 0.555. The maximum absolute atomic E-state index is 11.6. The largest absolute Gasteiger partial charge is 0.397 e. The van der Waals surface area contributed by atoms with E-state index in [0.29, 0.717) is 30.2 Å². The normalized spacial score (nSPS) is 12.1. The molecule has 5 nitrogen and oxygen atoms in total. The van der Waals surface area contributed by atoms with Gasteiger partial charge in [0.2, 0.25) is 5.91 Å². The van der Waals surface area contributed by atoms with Gasteiger partial charge in [0.05, 0.1) is 11.4 Å². The highest BCUT2D eigenvalue weighted by Gasteiger charge is 2.09. The van der Waals surface area contributed by atoms with E-state index in [9.17, 15) is 9.00 Å². The summed E-state index contributed by atoms with van der Waals surface area (Å²) < 4.78 is 16.4. The average molecular weight is 270 g/mol. The number of hydrogen-bond acceptors (Lipinski definition) is 4. The summed E-state index contributed by atoms with van der Waals surface area (Å²) >= 11 is 0. The molecular formula is C12H18N2O3S. The molecular weight excluding hydrogens is 252 g/mol. The molecule has 0 spiro atoms. The second-order valence-electron chi connectivity index (χ2n) is 3.77. The van der Waals surface area contributed by atoms with E-state index in [1.165, 1.54) is 0 Å². The van der Waals surface area contributed by atoms with Crippen molar-refractivity contribution in [2.24, 2.45) is 0 Å². The van der Waals surface area contributed by atoms with Gasteiger partial charge < -0.3 is 15.8 Å². The van der Waals surface area contributed by atoms with Crippen LogP contribution in [0, 0.1) is 0 Å². The molecule has 1 amide bonds. The van der Waals surface area contributed by atoms with Crippen molar-refractivity contribution in [3.05, 3.63) is 24.3 Å². The van der Waals surface area contributed by atoms with E-state index in [1.54, 1.807) is 31.4 Å². The monoisotopic (exact) mass is 270 g/mol. The number of nitrogen functional groups attached to an aromatic ring is 1. The summed E-state index contributed by atoms with van der Waals surface area (Å²) in [4.78, 5) is 11.6. The number of methoxy groups -OCH3 is 1. The van der Waals surface area contributed by atoms with Crippen molar-refractivity contribution >= 4 is 28.1 Å². The minimum Gasteiger partial charge on any atom is -0.397 e. The highest BCUT2D eigenvalue weighted by molar-refractivity contribution is 7.85. The van der Waals surface area contributed by atoms with Crippen LogP contribution in [-0.2, 0) is 20.3 Å². The van der Waals surface area contributed by atoms with E-state index in [4.69, 9.17) is 10.5 Å². The number of amides is 1. The van der Waals surface area contributed by atoms with Gasteiger partial charge >= 0.3 is 0 Å². The number of hydrogen-bond donors (Lipinski definition) is 2. The lowest BCUT2D eigenvalue weighted by Gasteiger charge is -2.07. The molecule has 0 heterocycles. The second-order valence-corrected chi connectivity index (χ2v) is 5.35. The summed E-state index contributed by atoms with van der Waals surface area (Å²) in [5, 5.41) is 2.64. The predicted molar refractivity (Wildman–Crippen MR) is 73.9 cm³/mol. The second kappa shape index (κ2) is 7.84. The number of carbonyl (C=O) groups is 1. The van der Waals surface area contributed by atoms with Crippen molar-refractivity contribution in [2.45, 2.75) is 6.42 Å². The van der Waals surface area contributed by atoms with Gasteiger partial charge in [0.25, 0.3) is 0 Å². The average Bonchev–Trinajstić information content (AvgIpc) is 2.32. The fourth-order valence-electron chi connectivity index (χ4n) is 1.38. The van der Waals surface area contributed by atoms with E-state index < -0.39 is 10.8 Å². The minimum absolute atomic E-state index is 0.0158. The molecule has 0 aliphatic carbocycles. The quantitative estimate of drug-likeness (QED) is 0.572. The zero-order valence-electron chi connectivity index (χ0n) is 10.3. The molecule has 0 radical (unpaired) electrons. The minimum atomic E-state index is -1.16. The number of anilines is 2. The Balaban J connectivity index is 2.38. The number of para-hydroxylation sites is 2. The molecule has 6 heteroatoms. The van der Waals surface area contributed by atoms with E-state index >= 15 is 0 Å². The molecule has 0 fully saturated rings. The summed E-state index contributed by atoms with van der Waals surface area (Å²) in [6, 6.07) is 6.97. The lowest BCUT2D eigenvalue weighted by molar-refractivity contribution is -0.113. The molecule has 3 N–H and O–H groups in total. The van der Waals surface area contributed by atoms with Crippen LogP contribution in [0.25, 0.3) is 0 Å². The first-order valence-electron chi connectivity index (χ1n) is 5.61. The highest BCUT2D eigenvalue weighted by atomic mass is 32.2. The predicted octanol–water partition coefficient (Wildman–Crippen LogP) is 0.992. The fraction of sp³-hybridized carbons (Fsp3) is 0.417. The Bertz CT molecular complexity index is 424. The lowest BCUT2D eigenvalue weighted by Crippen LogP contribution is -2.21. The third kappa shape index (κ3) is 5.29. The van der Waals surface area contributed by atoms with Gasteiger partial charge in [-0.3, -0.25) is 9.00 Å². The Labute approximate surface area is 109 Å². The molecule has 1 atom stereocenters. The van der Waals surface area contributed by atoms with Gasteiger partial charge in [0.1, 0.15) is 5.75 Å². The first-order valence-corrected chi connectivity index (χ1v) is 7.10. The number of carbonyl (C=O) groups excluding carboxylic acids is 1. The molecule has 18 heavy (non-hydrogen) atoms. The topological polar surface area (TPSA) is 81.4 Å². The maximum Gasteiger partial charge on any atom is 0.237 e. The molecule has 0 saturated heterocycles. The molecule has 0 aliphatic heterocycles. The zero-order valence-corrected chi connectivity index (χ0v) is 11.2. The third-order valence-corrected chi connectivity index (χ3v) is 3.58. The first-order chi connectivity index (χ1) is 8.63. The van der Waals surface area contributed by atoms with Crippen molar-refractivity contribution in [2.75, 3.05) is 36.3 Å². The Morgan fingerprint density at radius 2 is 2.17 bits per heavy atom. The van der Waals surface area contributed by atoms with Crippen molar-refractivity contribution < 1.29 is 13.7 Å². The molecule has 0 aliphatic rings.